The number of hydrogen-bond acceptors (Lipinski definition) is 2. The molecule has 1 amide bonds. The number of carbonyl (C=O) groups excluding carboxylic acids is 1. The molecule has 0 saturated heterocycles. The number of rotatable bonds is 5. The Morgan fingerprint density at radius 1 is 1.44 bits per heavy atom. The maximum Gasteiger partial charge on any atom is 0.248 e. The molecule has 1 unspecified atom stereocenters. The van der Waals surface area contributed by atoms with E-state index in [0.717, 1.165) is 5.56 Å². The third kappa shape index (κ3) is 3.87. The Balaban J connectivity index is 2.79. The van der Waals surface area contributed by atoms with E-state index in [1.165, 1.54) is 0 Å². The largest absolute Gasteiger partial charge is 0.372 e. The molecule has 0 saturated carbocycles. The maximum absolute atomic E-state index is 11.8. The third-order valence-corrected chi connectivity index (χ3v) is 3.38. The fraction of sp³-hybridized carbons (Fsp3) is 0.462. The molecule has 0 aromatic heterocycles. The molecule has 0 aliphatic rings. The highest BCUT2D eigenvalue weighted by Crippen LogP contribution is 2.29. The SMILES string of the molecule is CCOCC(=O)N(C)C(C)c1ccc(Cl)cc1Cl. The van der Waals surface area contributed by atoms with Crippen molar-refractivity contribution in [3.63, 3.8) is 0 Å². The van der Waals surface area contributed by atoms with Crippen LogP contribution in [0.25, 0.3) is 0 Å². The fourth-order valence-corrected chi connectivity index (χ4v) is 2.12. The van der Waals surface area contributed by atoms with Crippen LogP contribution in [0.3, 0.4) is 0 Å². The van der Waals surface area contributed by atoms with Crippen molar-refractivity contribution in [1.82, 2.24) is 4.90 Å². The minimum absolute atomic E-state index is 0.0737. The summed E-state index contributed by atoms with van der Waals surface area (Å²) < 4.78 is 5.11. The van der Waals surface area contributed by atoms with Crippen LogP contribution in [0.15, 0.2) is 18.2 Å². The molecule has 100 valence electrons. The molecule has 1 atom stereocenters. The first-order chi connectivity index (χ1) is 8.47. The van der Waals surface area contributed by atoms with Gasteiger partial charge in [-0.1, -0.05) is 29.3 Å². The molecular weight excluding hydrogens is 273 g/mol. The lowest BCUT2D eigenvalue weighted by Gasteiger charge is -2.26. The van der Waals surface area contributed by atoms with Crippen molar-refractivity contribution in [2.24, 2.45) is 0 Å². The third-order valence-electron chi connectivity index (χ3n) is 2.82. The summed E-state index contributed by atoms with van der Waals surface area (Å²) in [6.07, 6.45) is 0. The van der Waals surface area contributed by atoms with Gasteiger partial charge in [0.1, 0.15) is 6.61 Å². The van der Waals surface area contributed by atoms with Gasteiger partial charge in [-0.25, -0.2) is 0 Å². The smallest absolute Gasteiger partial charge is 0.248 e. The molecule has 0 heterocycles. The minimum Gasteiger partial charge on any atom is -0.372 e. The highest BCUT2D eigenvalue weighted by atomic mass is 35.5. The van der Waals surface area contributed by atoms with Gasteiger partial charge in [0.05, 0.1) is 6.04 Å². The minimum atomic E-state index is -0.122. The van der Waals surface area contributed by atoms with Crippen LogP contribution in [-0.4, -0.2) is 31.1 Å². The lowest BCUT2D eigenvalue weighted by Crippen LogP contribution is -2.32. The average molecular weight is 290 g/mol. The predicted molar refractivity (Wildman–Crippen MR) is 74.1 cm³/mol. The summed E-state index contributed by atoms with van der Waals surface area (Å²) in [5, 5.41) is 1.14. The lowest BCUT2D eigenvalue weighted by molar-refractivity contribution is -0.136. The van der Waals surface area contributed by atoms with Crippen LogP contribution in [0.2, 0.25) is 10.0 Å². The van der Waals surface area contributed by atoms with Gasteiger partial charge in [-0.2, -0.15) is 0 Å². The molecular formula is C13H17Cl2NO2. The Morgan fingerprint density at radius 3 is 2.67 bits per heavy atom. The summed E-state index contributed by atoms with van der Waals surface area (Å²) in [5.74, 6) is -0.0737. The van der Waals surface area contributed by atoms with Gasteiger partial charge in [-0.05, 0) is 31.5 Å². The molecule has 18 heavy (non-hydrogen) atoms. The van der Waals surface area contributed by atoms with E-state index in [0.29, 0.717) is 16.7 Å². The van der Waals surface area contributed by atoms with Gasteiger partial charge >= 0.3 is 0 Å². The second-order valence-electron chi connectivity index (χ2n) is 3.98. The first-order valence-corrected chi connectivity index (χ1v) is 6.51. The number of benzene rings is 1. The summed E-state index contributed by atoms with van der Waals surface area (Å²) in [5.41, 5.74) is 0.869. The van der Waals surface area contributed by atoms with Crippen LogP contribution in [-0.2, 0) is 9.53 Å². The van der Waals surface area contributed by atoms with Gasteiger partial charge in [-0.3, -0.25) is 4.79 Å². The molecule has 0 radical (unpaired) electrons. The van der Waals surface area contributed by atoms with Crippen molar-refractivity contribution < 1.29 is 9.53 Å². The first kappa shape index (κ1) is 15.3. The topological polar surface area (TPSA) is 29.5 Å². The molecule has 0 spiro atoms. The molecule has 0 aliphatic heterocycles. The van der Waals surface area contributed by atoms with Crippen molar-refractivity contribution in [2.75, 3.05) is 20.3 Å². The number of hydrogen-bond donors (Lipinski definition) is 0. The van der Waals surface area contributed by atoms with Gasteiger partial charge in [0.25, 0.3) is 0 Å². The zero-order chi connectivity index (χ0) is 13.7. The monoisotopic (exact) mass is 289 g/mol. The molecule has 0 aliphatic carbocycles. The van der Waals surface area contributed by atoms with Crippen LogP contribution in [0.1, 0.15) is 25.5 Å². The molecule has 3 nitrogen and oxygen atoms in total. The summed E-state index contributed by atoms with van der Waals surface area (Å²) in [7, 11) is 1.73. The molecule has 0 fully saturated rings. The van der Waals surface area contributed by atoms with Gasteiger partial charge < -0.3 is 9.64 Å². The van der Waals surface area contributed by atoms with Crippen molar-refractivity contribution in [2.45, 2.75) is 19.9 Å². The van der Waals surface area contributed by atoms with E-state index >= 15 is 0 Å². The van der Waals surface area contributed by atoms with Crippen molar-refractivity contribution >= 4 is 29.1 Å². The highest BCUT2D eigenvalue weighted by molar-refractivity contribution is 6.35. The van der Waals surface area contributed by atoms with Crippen LogP contribution >= 0.6 is 23.2 Å². The highest BCUT2D eigenvalue weighted by Gasteiger charge is 2.19. The summed E-state index contributed by atoms with van der Waals surface area (Å²) >= 11 is 12.0. The zero-order valence-electron chi connectivity index (χ0n) is 10.7. The Bertz CT molecular complexity index is 423. The fourth-order valence-electron chi connectivity index (χ4n) is 1.56. The Hall–Kier alpha value is -0.770. The van der Waals surface area contributed by atoms with Crippen LogP contribution in [0.4, 0.5) is 0 Å². The van der Waals surface area contributed by atoms with Crippen molar-refractivity contribution in [1.29, 1.82) is 0 Å². The van der Waals surface area contributed by atoms with E-state index < -0.39 is 0 Å². The number of halogens is 2. The van der Waals surface area contributed by atoms with E-state index in [9.17, 15) is 4.79 Å². The van der Waals surface area contributed by atoms with Gasteiger partial charge in [-0.15, -0.1) is 0 Å². The van der Waals surface area contributed by atoms with E-state index in [1.807, 2.05) is 19.9 Å². The van der Waals surface area contributed by atoms with Crippen molar-refractivity contribution in [3.05, 3.63) is 33.8 Å². The predicted octanol–water partition coefficient (Wildman–Crippen LogP) is 3.55. The molecule has 0 N–H and O–H groups in total. The van der Waals surface area contributed by atoms with E-state index in [4.69, 9.17) is 27.9 Å². The average Bonchev–Trinajstić information content (AvgIpc) is 2.34. The number of nitrogens with zero attached hydrogens (tertiary/aromatic N) is 1. The zero-order valence-corrected chi connectivity index (χ0v) is 12.3. The van der Waals surface area contributed by atoms with Crippen LogP contribution in [0, 0.1) is 0 Å². The molecule has 5 heteroatoms. The Morgan fingerprint density at radius 2 is 2.11 bits per heavy atom. The summed E-state index contributed by atoms with van der Waals surface area (Å²) in [6.45, 7) is 4.38. The Labute approximate surface area is 118 Å². The number of ether oxygens (including phenoxy) is 1. The lowest BCUT2D eigenvalue weighted by atomic mass is 10.1. The van der Waals surface area contributed by atoms with Crippen LogP contribution in [0.5, 0.6) is 0 Å². The van der Waals surface area contributed by atoms with Gasteiger partial charge in [0.2, 0.25) is 5.91 Å². The molecule has 0 bridgehead atoms. The van der Waals surface area contributed by atoms with Gasteiger partial charge in [0, 0.05) is 23.7 Å². The Kier molecular flexibility index (Phi) is 5.93. The van der Waals surface area contributed by atoms with E-state index in [-0.39, 0.29) is 18.6 Å². The first-order valence-electron chi connectivity index (χ1n) is 5.75. The molecule has 1 aromatic rings. The number of amides is 1. The summed E-state index contributed by atoms with van der Waals surface area (Å²) in [6, 6.07) is 5.15. The normalized spacial score (nSPS) is 12.3. The second-order valence-corrected chi connectivity index (χ2v) is 4.83. The molecule has 1 rings (SSSR count). The summed E-state index contributed by atoms with van der Waals surface area (Å²) in [4.78, 5) is 13.4. The van der Waals surface area contributed by atoms with Gasteiger partial charge in [0.15, 0.2) is 0 Å². The van der Waals surface area contributed by atoms with E-state index in [2.05, 4.69) is 0 Å². The van der Waals surface area contributed by atoms with Crippen LogP contribution < -0.4 is 0 Å². The quantitative estimate of drug-likeness (QED) is 0.830. The number of carbonyl (C=O) groups is 1. The second kappa shape index (κ2) is 6.98. The standard InChI is InChI=1S/C13H17Cl2NO2/c1-4-18-8-13(17)16(3)9(2)11-6-5-10(14)7-12(11)15/h5-7,9H,4,8H2,1-3H3. The van der Waals surface area contributed by atoms with Crippen molar-refractivity contribution in [3.8, 4) is 0 Å². The van der Waals surface area contributed by atoms with E-state index in [1.54, 1.807) is 24.1 Å². The number of likely N-dealkylation sites (N-methyl/N-ethyl adjacent to an activating group) is 1. The molecule has 1 aromatic carbocycles. The maximum atomic E-state index is 11.8.